The third-order valence-electron chi connectivity index (χ3n) is 3.04. The summed E-state index contributed by atoms with van der Waals surface area (Å²) in [7, 11) is 0. The molecular formula is C15H10ClNO4. The number of ketones is 2. The average molecular weight is 304 g/mol. The van der Waals surface area contributed by atoms with Gasteiger partial charge in [-0.3, -0.25) is 14.4 Å². The van der Waals surface area contributed by atoms with E-state index in [9.17, 15) is 14.4 Å². The minimum atomic E-state index is -1.51. The zero-order chi connectivity index (χ0) is 15.6. The van der Waals surface area contributed by atoms with Crippen LogP contribution in [-0.4, -0.2) is 24.1 Å². The molecule has 0 amide bonds. The quantitative estimate of drug-likeness (QED) is 0.800. The lowest BCUT2D eigenvalue weighted by atomic mass is 9.83. The highest BCUT2D eigenvalue weighted by molar-refractivity contribution is 6.50. The summed E-state index contributed by atoms with van der Waals surface area (Å²) in [6, 6.07) is 7.80. The van der Waals surface area contributed by atoms with Gasteiger partial charge in [-0.1, -0.05) is 35.9 Å². The number of benzene rings is 1. The van der Waals surface area contributed by atoms with Crippen LogP contribution in [0.1, 0.15) is 27.6 Å². The molecule has 0 saturated heterocycles. The summed E-state index contributed by atoms with van der Waals surface area (Å²) < 4.78 is 4.75. The highest BCUT2D eigenvalue weighted by Gasteiger charge is 2.39. The number of nitriles is 1. The number of fused-ring (bicyclic) bond motifs is 1. The fraction of sp³-hybridized carbons (Fsp3) is 0.200. The molecule has 1 aromatic carbocycles. The number of halogens is 1. The molecule has 21 heavy (non-hydrogen) atoms. The van der Waals surface area contributed by atoms with E-state index in [-0.39, 0.29) is 23.3 Å². The predicted octanol–water partition coefficient (Wildman–Crippen LogP) is 2.26. The summed E-state index contributed by atoms with van der Waals surface area (Å²) in [5.74, 6) is -3.59. The normalized spacial score (nSPS) is 15.3. The smallest absolute Gasteiger partial charge is 0.328 e. The Bertz CT molecular complexity index is 715. The number of allylic oxidation sites excluding steroid dienone is 1. The monoisotopic (exact) mass is 303 g/mol. The van der Waals surface area contributed by atoms with Gasteiger partial charge in [-0.25, -0.2) is 0 Å². The molecule has 5 nitrogen and oxygen atoms in total. The maximum atomic E-state index is 12.4. The molecule has 0 radical (unpaired) electrons. The van der Waals surface area contributed by atoms with Crippen LogP contribution < -0.4 is 0 Å². The number of Topliss-reactive ketones (excluding diaryl/α,β-unsaturated/α-hetero) is 2. The summed E-state index contributed by atoms with van der Waals surface area (Å²) >= 11 is 5.92. The molecule has 6 heteroatoms. The van der Waals surface area contributed by atoms with Gasteiger partial charge in [-0.05, 0) is 6.92 Å². The highest BCUT2D eigenvalue weighted by Crippen LogP contribution is 2.32. The number of ether oxygens (including phenoxy) is 1. The van der Waals surface area contributed by atoms with Gasteiger partial charge in [0.15, 0.2) is 11.7 Å². The predicted molar refractivity (Wildman–Crippen MR) is 73.7 cm³/mol. The van der Waals surface area contributed by atoms with E-state index in [0.717, 1.165) is 0 Å². The lowest BCUT2D eigenvalue weighted by molar-refractivity contribution is -0.144. The van der Waals surface area contributed by atoms with Crippen molar-refractivity contribution in [3.63, 3.8) is 0 Å². The van der Waals surface area contributed by atoms with Gasteiger partial charge in [-0.2, -0.15) is 5.26 Å². The topological polar surface area (TPSA) is 84.2 Å². The molecule has 0 saturated carbocycles. The van der Waals surface area contributed by atoms with Crippen molar-refractivity contribution in [3.05, 3.63) is 46.0 Å². The molecular weight excluding hydrogens is 294 g/mol. The van der Waals surface area contributed by atoms with Gasteiger partial charge < -0.3 is 4.74 Å². The lowest BCUT2D eigenvalue weighted by Crippen LogP contribution is -2.29. The number of nitrogens with zero attached hydrogens (tertiary/aromatic N) is 1. The Morgan fingerprint density at radius 3 is 2.38 bits per heavy atom. The first-order valence-corrected chi connectivity index (χ1v) is 6.55. The van der Waals surface area contributed by atoms with E-state index in [1.54, 1.807) is 25.1 Å². The van der Waals surface area contributed by atoms with Gasteiger partial charge in [0.1, 0.15) is 0 Å². The van der Waals surface area contributed by atoms with Crippen LogP contribution in [0.4, 0.5) is 0 Å². The second-order valence-corrected chi connectivity index (χ2v) is 4.62. The Kier molecular flexibility index (Phi) is 4.20. The summed E-state index contributed by atoms with van der Waals surface area (Å²) in [5.41, 5.74) is -0.0236. The first-order chi connectivity index (χ1) is 10.0. The van der Waals surface area contributed by atoms with Crippen LogP contribution in [-0.2, 0) is 9.53 Å². The van der Waals surface area contributed by atoms with Crippen molar-refractivity contribution >= 4 is 29.1 Å². The minimum Gasteiger partial charge on any atom is -0.465 e. The van der Waals surface area contributed by atoms with Gasteiger partial charge in [-0.15, -0.1) is 0 Å². The van der Waals surface area contributed by atoms with Crippen LogP contribution in [0.15, 0.2) is 34.9 Å². The molecule has 0 bridgehead atoms. The number of carbonyl (C=O) groups excluding carboxylic acids is 3. The molecule has 1 aliphatic rings. The zero-order valence-corrected chi connectivity index (χ0v) is 11.8. The molecule has 0 unspecified atom stereocenters. The zero-order valence-electron chi connectivity index (χ0n) is 11.1. The van der Waals surface area contributed by atoms with Crippen molar-refractivity contribution in [2.24, 2.45) is 5.92 Å². The van der Waals surface area contributed by atoms with Gasteiger partial charge >= 0.3 is 5.97 Å². The van der Waals surface area contributed by atoms with E-state index in [1.165, 1.54) is 12.1 Å². The van der Waals surface area contributed by atoms with Gasteiger partial charge in [0, 0.05) is 11.1 Å². The van der Waals surface area contributed by atoms with E-state index < -0.39 is 28.5 Å². The molecule has 0 fully saturated rings. The van der Waals surface area contributed by atoms with Crippen molar-refractivity contribution in [1.29, 1.82) is 5.26 Å². The van der Waals surface area contributed by atoms with Crippen LogP contribution >= 0.6 is 11.6 Å². The van der Waals surface area contributed by atoms with Crippen molar-refractivity contribution in [2.45, 2.75) is 6.92 Å². The van der Waals surface area contributed by atoms with Crippen LogP contribution in [0, 0.1) is 17.2 Å². The molecule has 1 atom stereocenters. The number of hydrogen-bond acceptors (Lipinski definition) is 5. The number of rotatable bonds is 3. The summed E-state index contributed by atoms with van der Waals surface area (Å²) in [6.07, 6.45) is 0. The molecule has 1 aromatic rings. The molecule has 0 aliphatic heterocycles. The Morgan fingerprint density at radius 2 is 1.86 bits per heavy atom. The standard InChI is InChI=1S/C15H10ClNO4/c1-2-21-15(20)10(7-17)11-12(16)14(19)9-6-4-3-5-8(9)13(11)18/h3-6,10H,2H2,1H3/t10-/m0/s1. The maximum absolute atomic E-state index is 12.4. The molecule has 0 heterocycles. The van der Waals surface area contributed by atoms with E-state index in [1.807, 2.05) is 0 Å². The number of esters is 1. The van der Waals surface area contributed by atoms with E-state index in [2.05, 4.69) is 0 Å². The largest absolute Gasteiger partial charge is 0.465 e. The van der Waals surface area contributed by atoms with E-state index in [0.29, 0.717) is 0 Å². The Balaban J connectivity index is 2.56. The van der Waals surface area contributed by atoms with Crippen LogP contribution in [0.25, 0.3) is 0 Å². The first kappa shape index (κ1) is 14.9. The molecule has 0 spiro atoms. The van der Waals surface area contributed by atoms with Crippen molar-refractivity contribution in [1.82, 2.24) is 0 Å². The summed E-state index contributed by atoms with van der Waals surface area (Å²) in [4.78, 5) is 36.4. The third kappa shape index (κ3) is 2.46. The fourth-order valence-corrected chi connectivity index (χ4v) is 2.38. The maximum Gasteiger partial charge on any atom is 0.328 e. The second-order valence-electron chi connectivity index (χ2n) is 4.25. The third-order valence-corrected chi connectivity index (χ3v) is 3.41. The molecule has 2 rings (SSSR count). The number of hydrogen-bond donors (Lipinski definition) is 0. The van der Waals surface area contributed by atoms with Gasteiger partial charge in [0.25, 0.3) is 0 Å². The minimum absolute atomic E-state index is 0.0562. The lowest BCUT2D eigenvalue weighted by Gasteiger charge is -2.19. The summed E-state index contributed by atoms with van der Waals surface area (Å²) in [6.45, 7) is 1.63. The van der Waals surface area contributed by atoms with Crippen molar-refractivity contribution in [2.75, 3.05) is 6.61 Å². The Hall–Kier alpha value is -2.45. The first-order valence-electron chi connectivity index (χ1n) is 6.17. The van der Waals surface area contributed by atoms with Crippen LogP contribution in [0.2, 0.25) is 0 Å². The highest BCUT2D eigenvalue weighted by atomic mass is 35.5. The molecule has 0 aromatic heterocycles. The SMILES string of the molecule is CCOC(=O)[C@@H](C#N)C1=C(Cl)C(=O)c2ccccc2C1=O. The van der Waals surface area contributed by atoms with Gasteiger partial charge in [0.05, 0.1) is 23.3 Å². The fourth-order valence-electron chi connectivity index (χ4n) is 2.08. The molecule has 106 valence electrons. The average Bonchev–Trinajstić information content (AvgIpc) is 2.49. The van der Waals surface area contributed by atoms with Gasteiger partial charge in [0.2, 0.25) is 5.78 Å². The van der Waals surface area contributed by atoms with Crippen LogP contribution in [0.5, 0.6) is 0 Å². The van der Waals surface area contributed by atoms with Crippen LogP contribution in [0.3, 0.4) is 0 Å². The van der Waals surface area contributed by atoms with E-state index >= 15 is 0 Å². The van der Waals surface area contributed by atoms with Crippen molar-refractivity contribution < 1.29 is 19.1 Å². The Labute approximate surface area is 125 Å². The number of carbonyl (C=O) groups is 3. The summed E-state index contributed by atoms with van der Waals surface area (Å²) in [5, 5.41) is 8.73. The Morgan fingerprint density at radius 1 is 1.29 bits per heavy atom. The van der Waals surface area contributed by atoms with Crippen molar-refractivity contribution in [3.8, 4) is 6.07 Å². The molecule has 0 N–H and O–H groups in total. The van der Waals surface area contributed by atoms with E-state index in [4.69, 9.17) is 21.6 Å². The molecule has 1 aliphatic carbocycles. The second kappa shape index (κ2) is 5.90.